The smallest absolute Gasteiger partial charge is 0.247 e. The highest BCUT2D eigenvalue weighted by Gasteiger charge is 2.20. The van der Waals surface area contributed by atoms with Gasteiger partial charge in [0, 0.05) is 59.4 Å². The highest BCUT2D eigenvalue weighted by atomic mass is 16.5. The summed E-state index contributed by atoms with van der Waals surface area (Å²) < 4.78 is 36.2. The van der Waals surface area contributed by atoms with E-state index in [2.05, 4.69) is 32.1 Å². The molecule has 2 aromatic carbocycles. The molecule has 0 spiro atoms. The monoisotopic (exact) mass is 557 g/mol. The van der Waals surface area contributed by atoms with Gasteiger partial charge in [0.15, 0.2) is 5.82 Å². The van der Waals surface area contributed by atoms with E-state index in [1.165, 1.54) is 11.0 Å². The maximum atomic E-state index is 12.3. The number of morpholine rings is 1. The van der Waals surface area contributed by atoms with Gasteiger partial charge >= 0.3 is 0 Å². The molecule has 0 atom stereocenters. The average Bonchev–Trinajstić information content (AvgIpc) is 3.45. The zero-order chi connectivity index (χ0) is 31.3. The first kappa shape index (κ1) is 24.1. The molecule has 2 N–H and O–H groups in total. The zero-order valence-corrected chi connectivity index (χ0v) is 23.0. The lowest BCUT2D eigenvalue weighted by molar-refractivity contribution is -0.111. The van der Waals surface area contributed by atoms with Crippen LogP contribution >= 0.6 is 0 Å². The van der Waals surface area contributed by atoms with Crippen LogP contribution in [0, 0.1) is 0 Å². The summed E-state index contributed by atoms with van der Waals surface area (Å²) in [7, 11) is 3.12. The Bertz CT molecular complexity index is 1620. The van der Waals surface area contributed by atoms with Gasteiger partial charge in [-0.2, -0.15) is 10.1 Å². The molecule has 1 amide bonds. The molecule has 11 nitrogen and oxygen atoms in total. The summed E-state index contributed by atoms with van der Waals surface area (Å²) in [5.74, 6) is 0.907. The van der Waals surface area contributed by atoms with Crippen LogP contribution in [0.5, 0.6) is 5.75 Å². The number of anilines is 4. The minimum Gasteiger partial charge on any atom is -0.494 e. The number of benzene rings is 2. The van der Waals surface area contributed by atoms with Crippen LogP contribution in [0.25, 0.3) is 17.1 Å². The summed E-state index contributed by atoms with van der Waals surface area (Å²) in [6.07, 6.45) is 4.58. The Balaban J connectivity index is 1.49. The van der Waals surface area contributed by atoms with E-state index in [0.717, 1.165) is 16.8 Å². The predicted octanol–water partition coefficient (Wildman–Crippen LogP) is 4.10. The highest BCUT2D eigenvalue weighted by Crippen LogP contribution is 2.38. The minimum atomic E-state index is -2.26. The number of rotatable bonds is 10. The molecule has 1 aliphatic heterocycles. The van der Waals surface area contributed by atoms with E-state index in [9.17, 15) is 4.79 Å². The fourth-order valence-corrected chi connectivity index (χ4v) is 4.58. The van der Waals surface area contributed by atoms with Crippen molar-refractivity contribution in [1.82, 2.24) is 24.6 Å². The SMILES string of the molecule is [2H]C([2H])([2H])N(C)Cc1cn(-c2ccnc(Nc3cc(NC(=O)C=C)c(N4CCOCC4)cc3OC)n2)nc1-c1ccccc1. The summed E-state index contributed by atoms with van der Waals surface area (Å²) in [4.78, 5) is 24.8. The number of nitrogens with one attached hydrogen (secondary N) is 2. The van der Waals surface area contributed by atoms with E-state index in [1.54, 1.807) is 43.4 Å². The van der Waals surface area contributed by atoms with Crippen LogP contribution < -0.4 is 20.3 Å². The molecular formula is C30H34N8O3. The van der Waals surface area contributed by atoms with E-state index in [-0.39, 0.29) is 18.4 Å². The molecule has 3 heterocycles. The van der Waals surface area contributed by atoms with Crippen molar-refractivity contribution in [2.24, 2.45) is 0 Å². The van der Waals surface area contributed by atoms with Gasteiger partial charge in [0.2, 0.25) is 11.9 Å². The van der Waals surface area contributed by atoms with Gasteiger partial charge in [-0.15, -0.1) is 0 Å². The summed E-state index contributed by atoms with van der Waals surface area (Å²) in [5, 5.41) is 10.9. The van der Waals surface area contributed by atoms with E-state index in [4.69, 9.17) is 18.7 Å². The third-order valence-electron chi connectivity index (χ3n) is 6.48. The normalized spacial score (nSPS) is 14.6. The molecule has 41 heavy (non-hydrogen) atoms. The Labute approximate surface area is 243 Å². The first-order valence-electron chi connectivity index (χ1n) is 14.6. The Morgan fingerprint density at radius 2 is 2.02 bits per heavy atom. The van der Waals surface area contributed by atoms with Crippen molar-refractivity contribution in [3.05, 3.63) is 79.1 Å². The molecule has 11 heteroatoms. The van der Waals surface area contributed by atoms with E-state index < -0.39 is 6.98 Å². The number of hydrogen-bond donors (Lipinski definition) is 2. The maximum absolute atomic E-state index is 12.3. The number of hydrogen-bond acceptors (Lipinski definition) is 9. The molecule has 0 unspecified atom stereocenters. The fourth-order valence-electron chi connectivity index (χ4n) is 4.58. The number of carbonyl (C=O) groups excluding carboxylic acids is 1. The van der Waals surface area contributed by atoms with Gasteiger partial charge in [0.05, 0.1) is 43.1 Å². The number of aromatic nitrogens is 4. The van der Waals surface area contributed by atoms with Crippen LogP contribution in [0.4, 0.5) is 23.0 Å². The van der Waals surface area contributed by atoms with Gasteiger partial charge in [-0.25, -0.2) is 9.67 Å². The third-order valence-corrected chi connectivity index (χ3v) is 6.48. The molecule has 0 bridgehead atoms. The molecule has 2 aromatic heterocycles. The fraction of sp³-hybridized carbons (Fsp3) is 0.267. The second-order valence-corrected chi connectivity index (χ2v) is 9.40. The molecule has 5 rings (SSSR count). The maximum Gasteiger partial charge on any atom is 0.247 e. The van der Waals surface area contributed by atoms with Crippen molar-refractivity contribution < 1.29 is 18.4 Å². The van der Waals surface area contributed by atoms with Crippen molar-refractivity contribution in [3.63, 3.8) is 0 Å². The number of ether oxygens (including phenoxy) is 2. The van der Waals surface area contributed by atoms with Crippen LogP contribution in [0.3, 0.4) is 0 Å². The Hall–Kier alpha value is -4.74. The molecule has 1 aliphatic rings. The minimum absolute atomic E-state index is 0.156. The summed E-state index contributed by atoms with van der Waals surface area (Å²) >= 11 is 0. The second kappa shape index (κ2) is 12.6. The topological polar surface area (TPSA) is 110 Å². The van der Waals surface area contributed by atoms with Crippen molar-refractivity contribution >= 4 is 28.9 Å². The van der Waals surface area contributed by atoms with Crippen molar-refractivity contribution in [2.45, 2.75) is 6.54 Å². The van der Waals surface area contributed by atoms with Crippen molar-refractivity contribution in [3.8, 4) is 22.8 Å². The Kier molecular flexibility index (Phi) is 7.42. The number of carbonyl (C=O) groups is 1. The first-order valence-corrected chi connectivity index (χ1v) is 13.1. The van der Waals surface area contributed by atoms with Gasteiger partial charge in [0.25, 0.3) is 0 Å². The largest absolute Gasteiger partial charge is 0.494 e. The van der Waals surface area contributed by atoms with Gasteiger partial charge in [0.1, 0.15) is 5.75 Å². The quantitative estimate of drug-likeness (QED) is 0.279. The predicted molar refractivity (Wildman–Crippen MR) is 160 cm³/mol. The lowest BCUT2D eigenvalue weighted by Crippen LogP contribution is -2.36. The number of nitrogens with zero attached hydrogens (tertiary/aromatic N) is 6. The average molecular weight is 558 g/mol. The third kappa shape index (κ3) is 6.53. The van der Waals surface area contributed by atoms with Crippen molar-refractivity contribution in [1.29, 1.82) is 0 Å². The Morgan fingerprint density at radius 3 is 2.76 bits per heavy atom. The molecule has 0 aliphatic carbocycles. The standard InChI is InChI=1S/C30H34N8O3/c1-5-28(39)32-23-17-24(26(40-4)18-25(23)37-13-15-41-16-14-37)33-30-31-12-11-27(34-30)38-20-22(19-36(2)3)29(35-38)21-9-7-6-8-10-21/h5-12,17-18,20H,1,13-16,19H2,2-4H3,(H,32,39)(H,31,33,34)/i2D3. The van der Waals surface area contributed by atoms with E-state index in [1.807, 2.05) is 36.4 Å². The van der Waals surface area contributed by atoms with Gasteiger partial charge in [-0.05, 0) is 26.2 Å². The van der Waals surface area contributed by atoms with Crippen LogP contribution in [-0.2, 0) is 16.1 Å². The molecule has 0 saturated carbocycles. The molecule has 4 aromatic rings. The highest BCUT2D eigenvalue weighted by molar-refractivity contribution is 6.02. The summed E-state index contributed by atoms with van der Waals surface area (Å²) in [6.45, 7) is 3.94. The molecule has 0 radical (unpaired) electrons. The van der Waals surface area contributed by atoms with Gasteiger partial charge in [-0.3, -0.25) is 4.79 Å². The van der Waals surface area contributed by atoms with Gasteiger partial charge in [-0.1, -0.05) is 36.9 Å². The number of methoxy groups -OCH3 is 1. The van der Waals surface area contributed by atoms with Crippen LogP contribution in [0.2, 0.25) is 0 Å². The molecule has 1 saturated heterocycles. The first-order chi connectivity index (χ1) is 21.2. The van der Waals surface area contributed by atoms with Crippen LogP contribution in [-0.4, -0.2) is 78.0 Å². The molecule has 212 valence electrons. The van der Waals surface area contributed by atoms with Gasteiger partial charge < -0.3 is 29.9 Å². The second-order valence-electron chi connectivity index (χ2n) is 9.40. The summed E-state index contributed by atoms with van der Waals surface area (Å²) in [6, 6.07) is 14.9. The van der Waals surface area contributed by atoms with Crippen LogP contribution in [0.1, 0.15) is 9.68 Å². The lowest BCUT2D eigenvalue weighted by Gasteiger charge is -2.31. The lowest BCUT2D eigenvalue weighted by atomic mass is 10.1. The molecular weight excluding hydrogens is 520 g/mol. The number of amides is 1. The zero-order valence-electron chi connectivity index (χ0n) is 26.0. The van der Waals surface area contributed by atoms with E-state index in [0.29, 0.717) is 54.9 Å². The van der Waals surface area contributed by atoms with Crippen molar-refractivity contribution in [2.75, 3.05) is 63.0 Å². The Morgan fingerprint density at radius 1 is 1.22 bits per heavy atom. The molecule has 1 fully saturated rings. The van der Waals surface area contributed by atoms with E-state index >= 15 is 0 Å². The van der Waals surface area contributed by atoms with Crippen LogP contribution in [0.15, 0.2) is 73.6 Å². The summed E-state index contributed by atoms with van der Waals surface area (Å²) in [5.41, 5.74) is 4.13.